The van der Waals surface area contributed by atoms with Gasteiger partial charge in [-0.3, -0.25) is 9.48 Å². The molecule has 1 amide bonds. The quantitative estimate of drug-likeness (QED) is 0.870. The maximum atomic E-state index is 12.5. The van der Waals surface area contributed by atoms with Gasteiger partial charge in [0.15, 0.2) is 5.69 Å². The van der Waals surface area contributed by atoms with Gasteiger partial charge in [-0.2, -0.15) is 10.4 Å². The van der Waals surface area contributed by atoms with Gasteiger partial charge in [0.25, 0.3) is 5.91 Å². The Morgan fingerprint density at radius 3 is 3.00 bits per heavy atom. The average Bonchev–Trinajstić information content (AvgIpc) is 3.11. The molecule has 2 heterocycles. The van der Waals surface area contributed by atoms with E-state index in [1.54, 1.807) is 29.3 Å². The molecule has 0 saturated carbocycles. The van der Waals surface area contributed by atoms with Gasteiger partial charge in [0.05, 0.1) is 31.0 Å². The predicted molar refractivity (Wildman–Crippen MR) is 76.0 cm³/mol. The molecule has 2 aromatic heterocycles. The number of furan rings is 1. The number of anilines is 1. The molecule has 0 aliphatic rings. The van der Waals surface area contributed by atoms with E-state index in [1.165, 1.54) is 4.90 Å². The van der Waals surface area contributed by atoms with Gasteiger partial charge >= 0.3 is 0 Å². The number of nitrogens with zero attached hydrogens (tertiary/aromatic N) is 4. The van der Waals surface area contributed by atoms with Gasteiger partial charge in [-0.1, -0.05) is 0 Å². The van der Waals surface area contributed by atoms with Crippen LogP contribution in [0.15, 0.2) is 29.0 Å². The summed E-state index contributed by atoms with van der Waals surface area (Å²) in [6.07, 6.45) is 3.41. The van der Waals surface area contributed by atoms with Crippen molar-refractivity contribution in [2.45, 2.75) is 26.4 Å². The monoisotopic (exact) mass is 287 g/mol. The maximum absolute atomic E-state index is 12.5. The first-order valence-corrected chi connectivity index (χ1v) is 6.67. The van der Waals surface area contributed by atoms with Gasteiger partial charge in [0.2, 0.25) is 0 Å². The topological polar surface area (TPSA) is 101 Å². The van der Waals surface area contributed by atoms with E-state index < -0.39 is 0 Å². The van der Waals surface area contributed by atoms with Crippen LogP contribution in [0.5, 0.6) is 0 Å². The first-order chi connectivity index (χ1) is 10.2. The second-order valence-corrected chi connectivity index (χ2v) is 4.50. The van der Waals surface area contributed by atoms with Crippen LogP contribution in [0.3, 0.4) is 0 Å². The van der Waals surface area contributed by atoms with Crippen LogP contribution in [0.4, 0.5) is 5.69 Å². The Morgan fingerprint density at radius 1 is 1.62 bits per heavy atom. The van der Waals surface area contributed by atoms with Gasteiger partial charge in [-0.05, 0) is 19.1 Å². The van der Waals surface area contributed by atoms with Crippen molar-refractivity contribution < 1.29 is 9.21 Å². The minimum absolute atomic E-state index is 0.210. The highest BCUT2D eigenvalue weighted by atomic mass is 16.3. The molecule has 0 fully saturated rings. The number of rotatable bonds is 6. The van der Waals surface area contributed by atoms with E-state index in [2.05, 4.69) is 5.10 Å². The van der Waals surface area contributed by atoms with Crippen LogP contribution in [-0.4, -0.2) is 27.1 Å². The summed E-state index contributed by atoms with van der Waals surface area (Å²) in [5.74, 6) is 0.348. The fourth-order valence-corrected chi connectivity index (χ4v) is 1.94. The minimum Gasteiger partial charge on any atom is -0.467 e. The lowest BCUT2D eigenvalue weighted by Crippen LogP contribution is -2.32. The number of amides is 1. The van der Waals surface area contributed by atoms with Crippen molar-refractivity contribution in [1.29, 1.82) is 5.26 Å². The molecule has 0 bridgehead atoms. The molecule has 0 atom stereocenters. The van der Waals surface area contributed by atoms with Crippen molar-refractivity contribution in [1.82, 2.24) is 14.7 Å². The van der Waals surface area contributed by atoms with E-state index in [0.29, 0.717) is 24.5 Å². The summed E-state index contributed by atoms with van der Waals surface area (Å²) >= 11 is 0. The van der Waals surface area contributed by atoms with Crippen LogP contribution < -0.4 is 5.73 Å². The molecule has 0 spiro atoms. The van der Waals surface area contributed by atoms with Crippen molar-refractivity contribution in [2.75, 3.05) is 12.3 Å². The molecule has 110 valence electrons. The van der Waals surface area contributed by atoms with Crippen molar-refractivity contribution in [2.24, 2.45) is 0 Å². The summed E-state index contributed by atoms with van der Waals surface area (Å²) in [5, 5.41) is 12.9. The van der Waals surface area contributed by atoms with Crippen molar-refractivity contribution in [3.63, 3.8) is 0 Å². The predicted octanol–water partition coefficient (Wildman–Crippen LogP) is 1.63. The van der Waals surface area contributed by atoms with Gasteiger partial charge in [0.1, 0.15) is 5.76 Å². The van der Waals surface area contributed by atoms with Gasteiger partial charge < -0.3 is 15.1 Å². The fourth-order valence-electron chi connectivity index (χ4n) is 1.94. The normalized spacial score (nSPS) is 10.3. The molecule has 21 heavy (non-hydrogen) atoms. The van der Waals surface area contributed by atoms with Gasteiger partial charge in [-0.15, -0.1) is 0 Å². The van der Waals surface area contributed by atoms with Gasteiger partial charge in [0, 0.05) is 19.3 Å². The number of carbonyl (C=O) groups is 1. The smallest absolute Gasteiger partial charge is 0.276 e. The van der Waals surface area contributed by atoms with Crippen molar-refractivity contribution in [3.8, 4) is 6.07 Å². The van der Waals surface area contributed by atoms with Crippen LogP contribution in [-0.2, 0) is 13.1 Å². The Labute approximate surface area is 122 Å². The van der Waals surface area contributed by atoms with E-state index in [0.717, 1.165) is 0 Å². The van der Waals surface area contributed by atoms with E-state index in [1.807, 2.05) is 13.0 Å². The summed E-state index contributed by atoms with van der Waals surface area (Å²) < 4.78 is 6.86. The SMILES string of the molecule is CCn1cc(N)c(C(=O)N(CCC#N)Cc2ccco2)n1. The largest absolute Gasteiger partial charge is 0.467 e. The Balaban J connectivity index is 2.20. The number of hydrogen-bond donors (Lipinski definition) is 1. The standard InChI is InChI=1S/C14H17N5O2/c1-2-19-10-12(16)13(17-19)14(20)18(7-4-6-15)9-11-5-3-8-21-11/h3,5,8,10H,2,4,7,9,16H2,1H3. The highest BCUT2D eigenvalue weighted by molar-refractivity contribution is 5.97. The number of aromatic nitrogens is 2. The van der Waals surface area contributed by atoms with Crippen molar-refractivity contribution >= 4 is 11.6 Å². The number of nitrogens with two attached hydrogens (primary N) is 1. The summed E-state index contributed by atoms with van der Waals surface area (Å²) in [7, 11) is 0. The van der Waals surface area contributed by atoms with Crippen LogP contribution in [0.2, 0.25) is 0 Å². The Bertz CT molecular complexity index is 639. The zero-order chi connectivity index (χ0) is 15.2. The molecular formula is C14H17N5O2. The summed E-state index contributed by atoms with van der Waals surface area (Å²) in [4.78, 5) is 14.1. The second kappa shape index (κ2) is 6.61. The summed E-state index contributed by atoms with van der Waals surface area (Å²) in [6, 6.07) is 5.56. The molecule has 0 aliphatic heterocycles. The van der Waals surface area contributed by atoms with Crippen molar-refractivity contribution in [3.05, 3.63) is 36.0 Å². The van der Waals surface area contributed by atoms with Crippen LogP contribution >= 0.6 is 0 Å². The Kier molecular flexibility index (Phi) is 4.61. The average molecular weight is 287 g/mol. The number of nitrogen functional groups attached to an aromatic ring is 1. The highest BCUT2D eigenvalue weighted by Gasteiger charge is 2.22. The minimum atomic E-state index is -0.300. The lowest BCUT2D eigenvalue weighted by atomic mass is 10.3. The number of nitriles is 1. The van der Waals surface area contributed by atoms with E-state index in [-0.39, 0.29) is 24.6 Å². The Morgan fingerprint density at radius 2 is 2.43 bits per heavy atom. The first-order valence-electron chi connectivity index (χ1n) is 6.67. The maximum Gasteiger partial charge on any atom is 0.276 e. The van der Waals surface area contributed by atoms with Gasteiger partial charge in [-0.25, -0.2) is 0 Å². The molecule has 0 aliphatic carbocycles. The third-order valence-electron chi connectivity index (χ3n) is 3.02. The Hall–Kier alpha value is -2.75. The first kappa shape index (κ1) is 14.7. The summed E-state index contributed by atoms with van der Waals surface area (Å²) in [6.45, 7) is 3.13. The zero-order valence-corrected chi connectivity index (χ0v) is 11.8. The van der Waals surface area contributed by atoms with Crippen LogP contribution in [0.25, 0.3) is 0 Å². The molecule has 7 nitrogen and oxygen atoms in total. The lowest BCUT2D eigenvalue weighted by Gasteiger charge is -2.19. The number of carbonyl (C=O) groups excluding carboxylic acids is 1. The van der Waals surface area contributed by atoms with Crippen LogP contribution in [0, 0.1) is 11.3 Å². The van der Waals surface area contributed by atoms with E-state index in [4.69, 9.17) is 15.4 Å². The molecule has 0 saturated heterocycles. The van der Waals surface area contributed by atoms with Crippen LogP contribution in [0.1, 0.15) is 29.6 Å². The number of aryl methyl sites for hydroxylation is 1. The molecule has 7 heteroatoms. The number of hydrogen-bond acceptors (Lipinski definition) is 5. The molecule has 2 aromatic rings. The molecular weight excluding hydrogens is 270 g/mol. The second-order valence-electron chi connectivity index (χ2n) is 4.50. The molecule has 0 unspecified atom stereocenters. The molecule has 0 aromatic carbocycles. The molecule has 2 N–H and O–H groups in total. The fraction of sp³-hybridized carbons (Fsp3) is 0.357. The third kappa shape index (κ3) is 3.42. The summed E-state index contributed by atoms with van der Waals surface area (Å²) in [5.41, 5.74) is 6.38. The van der Waals surface area contributed by atoms with E-state index >= 15 is 0 Å². The highest BCUT2D eigenvalue weighted by Crippen LogP contribution is 2.15. The lowest BCUT2D eigenvalue weighted by molar-refractivity contribution is 0.0729. The molecule has 0 radical (unpaired) electrons. The zero-order valence-electron chi connectivity index (χ0n) is 11.8. The third-order valence-corrected chi connectivity index (χ3v) is 3.02. The van der Waals surface area contributed by atoms with E-state index in [9.17, 15) is 4.79 Å². The molecule has 2 rings (SSSR count).